The predicted molar refractivity (Wildman–Crippen MR) is 72.4 cm³/mol. The van der Waals surface area contributed by atoms with E-state index >= 15 is 0 Å². The van der Waals surface area contributed by atoms with Gasteiger partial charge in [0.05, 0.1) is 10.5 Å². The number of nitrogens with one attached hydrogen (secondary N) is 1. The molecule has 0 aliphatic heterocycles. The molecule has 1 aromatic rings. The molecular weight excluding hydrogens is 312 g/mol. The fraction of sp³-hybridized carbons (Fsp3) is 0.308. The first kappa shape index (κ1) is 15.2. The van der Waals surface area contributed by atoms with Crippen molar-refractivity contribution in [2.45, 2.75) is 13.0 Å². The Labute approximate surface area is 119 Å². The highest BCUT2D eigenvalue weighted by Gasteiger charge is 2.31. The average molecular weight is 325 g/mol. The van der Waals surface area contributed by atoms with Gasteiger partial charge in [-0.15, -0.1) is 0 Å². The fourth-order valence-corrected chi connectivity index (χ4v) is 1.80. The monoisotopic (exact) mass is 324 g/mol. The number of hydrogen-bond acceptors (Lipinski definition) is 4. The second-order valence-corrected chi connectivity index (χ2v) is 4.62. The summed E-state index contributed by atoms with van der Waals surface area (Å²) in [5.41, 5.74) is 0. The molecule has 0 fully saturated rings. The van der Waals surface area contributed by atoms with E-state index in [-0.39, 0.29) is 0 Å². The quantitative estimate of drug-likeness (QED) is 0.835. The van der Waals surface area contributed by atoms with Crippen molar-refractivity contribution < 1.29 is 14.3 Å². The number of hydrogen-bond donors (Lipinski definition) is 1. The number of Topliss-reactive ketones (excluding diaryl/α,β-unsaturated/α-hetero) is 1. The van der Waals surface area contributed by atoms with Crippen molar-refractivity contribution in [2.24, 2.45) is 5.92 Å². The van der Waals surface area contributed by atoms with E-state index in [4.69, 9.17) is 10.00 Å². The standard InChI is InChI=1S/C13H13BrN2O3/c1-8(12(17)9(7-15)13(18)16-2)19-11-6-4-3-5-10(11)14/h3-6,8-9H,1-2H3,(H,16,18). The van der Waals surface area contributed by atoms with Crippen LogP contribution in [0.15, 0.2) is 28.7 Å². The van der Waals surface area contributed by atoms with Crippen molar-refractivity contribution in [2.75, 3.05) is 7.05 Å². The largest absolute Gasteiger partial charge is 0.482 e. The Balaban J connectivity index is 2.81. The van der Waals surface area contributed by atoms with Crippen LogP contribution in [0.1, 0.15) is 6.92 Å². The summed E-state index contributed by atoms with van der Waals surface area (Å²) in [5, 5.41) is 11.2. The number of amides is 1. The van der Waals surface area contributed by atoms with E-state index in [9.17, 15) is 9.59 Å². The van der Waals surface area contributed by atoms with Crippen LogP contribution in [0.2, 0.25) is 0 Å². The van der Waals surface area contributed by atoms with Crippen LogP contribution in [0.4, 0.5) is 0 Å². The molecule has 1 amide bonds. The molecule has 1 rings (SSSR count). The first-order valence-corrected chi connectivity index (χ1v) is 6.36. The minimum atomic E-state index is -1.36. The maximum atomic E-state index is 12.0. The third-order valence-electron chi connectivity index (χ3n) is 2.46. The molecule has 2 atom stereocenters. The van der Waals surface area contributed by atoms with Crippen LogP contribution < -0.4 is 10.1 Å². The number of para-hydroxylation sites is 1. The van der Waals surface area contributed by atoms with Gasteiger partial charge in [0.1, 0.15) is 5.75 Å². The Morgan fingerprint density at radius 1 is 1.42 bits per heavy atom. The highest BCUT2D eigenvalue weighted by atomic mass is 79.9. The summed E-state index contributed by atoms with van der Waals surface area (Å²) in [7, 11) is 1.37. The second kappa shape index (κ2) is 6.90. The second-order valence-electron chi connectivity index (χ2n) is 3.77. The maximum absolute atomic E-state index is 12.0. The van der Waals surface area contributed by atoms with Gasteiger partial charge in [0.25, 0.3) is 0 Å². The molecule has 0 bridgehead atoms. The molecule has 100 valence electrons. The lowest BCUT2D eigenvalue weighted by molar-refractivity contribution is -0.135. The van der Waals surface area contributed by atoms with Gasteiger partial charge in [-0.05, 0) is 35.0 Å². The molecule has 0 saturated carbocycles. The first-order chi connectivity index (χ1) is 9.01. The molecule has 2 unspecified atom stereocenters. The molecule has 0 aliphatic carbocycles. The summed E-state index contributed by atoms with van der Waals surface area (Å²) in [6, 6.07) is 8.71. The SMILES string of the molecule is CNC(=O)C(C#N)C(=O)C(C)Oc1ccccc1Br. The van der Waals surface area contributed by atoms with Gasteiger partial charge < -0.3 is 10.1 Å². The third kappa shape index (κ3) is 3.80. The van der Waals surface area contributed by atoms with Crippen molar-refractivity contribution >= 4 is 27.6 Å². The minimum absolute atomic E-state index is 0.483. The Hall–Kier alpha value is -1.87. The summed E-state index contributed by atoms with van der Waals surface area (Å²) < 4.78 is 6.15. The van der Waals surface area contributed by atoms with E-state index in [2.05, 4.69) is 21.2 Å². The summed E-state index contributed by atoms with van der Waals surface area (Å²) >= 11 is 3.29. The van der Waals surface area contributed by atoms with Crippen molar-refractivity contribution in [3.8, 4) is 11.8 Å². The van der Waals surface area contributed by atoms with Crippen molar-refractivity contribution in [3.63, 3.8) is 0 Å². The number of ether oxygens (including phenoxy) is 1. The van der Waals surface area contributed by atoms with E-state index in [0.717, 1.165) is 0 Å². The highest BCUT2D eigenvalue weighted by molar-refractivity contribution is 9.10. The molecule has 0 aliphatic rings. The van der Waals surface area contributed by atoms with Gasteiger partial charge in [0, 0.05) is 7.05 Å². The van der Waals surface area contributed by atoms with Gasteiger partial charge in [0.2, 0.25) is 5.91 Å². The van der Waals surface area contributed by atoms with E-state index in [0.29, 0.717) is 10.2 Å². The number of ketones is 1. The van der Waals surface area contributed by atoms with Crippen molar-refractivity contribution in [1.82, 2.24) is 5.32 Å². The Bertz CT molecular complexity index is 525. The van der Waals surface area contributed by atoms with Gasteiger partial charge in [-0.25, -0.2) is 0 Å². The van der Waals surface area contributed by atoms with Gasteiger partial charge in [0.15, 0.2) is 17.8 Å². The molecule has 5 nitrogen and oxygen atoms in total. The summed E-state index contributed by atoms with van der Waals surface area (Å²) in [6.07, 6.45) is -0.888. The van der Waals surface area contributed by atoms with Crippen LogP contribution in [-0.2, 0) is 9.59 Å². The van der Waals surface area contributed by atoms with Crippen LogP contribution in [0, 0.1) is 17.2 Å². The van der Waals surface area contributed by atoms with E-state index in [1.54, 1.807) is 24.3 Å². The molecule has 1 N–H and O–H groups in total. The maximum Gasteiger partial charge on any atom is 0.244 e. The minimum Gasteiger partial charge on any atom is -0.482 e. The molecule has 0 spiro atoms. The number of halogens is 1. The molecule has 6 heteroatoms. The summed E-state index contributed by atoms with van der Waals surface area (Å²) in [5.74, 6) is -2.08. The molecule has 1 aromatic carbocycles. The molecule has 19 heavy (non-hydrogen) atoms. The summed E-state index contributed by atoms with van der Waals surface area (Å²) in [6.45, 7) is 1.51. The van der Waals surface area contributed by atoms with Gasteiger partial charge in [-0.3, -0.25) is 9.59 Å². The van der Waals surface area contributed by atoms with Crippen molar-refractivity contribution in [3.05, 3.63) is 28.7 Å². The lowest BCUT2D eigenvalue weighted by Crippen LogP contribution is -2.38. The Morgan fingerprint density at radius 3 is 2.58 bits per heavy atom. The van der Waals surface area contributed by atoms with E-state index in [1.165, 1.54) is 14.0 Å². The smallest absolute Gasteiger partial charge is 0.244 e. The zero-order valence-corrected chi connectivity index (χ0v) is 12.1. The van der Waals surface area contributed by atoms with Crippen molar-refractivity contribution in [1.29, 1.82) is 5.26 Å². The van der Waals surface area contributed by atoms with Crippen LogP contribution >= 0.6 is 15.9 Å². The molecule has 0 aromatic heterocycles. The normalized spacial score (nSPS) is 12.9. The number of carbonyl (C=O) groups is 2. The topological polar surface area (TPSA) is 79.2 Å². The van der Waals surface area contributed by atoms with Crippen LogP contribution in [0.5, 0.6) is 5.75 Å². The number of benzene rings is 1. The van der Waals surface area contributed by atoms with Gasteiger partial charge in [-0.1, -0.05) is 12.1 Å². The van der Waals surface area contributed by atoms with Crippen LogP contribution in [0.25, 0.3) is 0 Å². The number of carbonyl (C=O) groups excluding carboxylic acids is 2. The number of nitriles is 1. The predicted octanol–water partition coefficient (Wildman–Crippen LogP) is 1.67. The zero-order chi connectivity index (χ0) is 14.4. The number of nitrogens with zero attached hydrogens (tertiary/aromatic N) is 1. The highest BCUT2D eigenvalue weighted by Crippen LogP contribution is 2.25. The first-order valence-electron chi connectivity index (χ1n) is 5.57. The molecule has 0 saturated heterocycles. The third-order valence-corrected chi connectivity index (χ3v) is 3.12. The Kier molecular flexibility index (Phi) is 5.52. The van der Waals surface area contributed by atoms with E-state index < -0.39 is 23.7 Å². The Morgan fingerprint density at radius 2 is 2.05 bits per heavy atom. The lowest BCUT2D eigenvalue weighted by atomic mass is 10.0. The molecule has 0 heterocycles. The van der Waals surface area contributed by atoms with Crippen LogP contribution in [-0.4, -0.2) is 24.8 Å². The van der Waals surface area contributed by atoms with E-state index in [1.807, 2.05) is 6.07 Å². The fourth-order valence-electron chi connectivity index (χ4n) is 1.42. The molecule has 0 radical (unpaired) electrons. The average Bonchev–Trinajstić information content (AvgIpc) is 2.41. The lowest BCUT2D eigenvalue weighted by Gasteiger charge is -2.16. The summed E-state index contributed by atoms with van der Waals surface area (Å²) in [4.78, 5) is 23.4. The number of rotatable bonds is 5. The molecular formula is C13H13BrN2O3. The zero-order valence-electron chi connectivity index (χ0n) is 10.5. The van der Waals surface area contributed by atoms with Gasteiger partial charge >= 0.3 is 0 Å². The van der Waals surface area contributed by atoms with Gasteiger partial charge in [-0.2, -0.15) is 5.26 Å². The van der Waals surface area contributed by atoms with Crippen LogP contribution in [0.3, 0.4) is 0 Å².